The summed E-state index contributed by atoms with van der Waals surface area (Å²) in [4.78, 5) is 0. The van der Waals surface area contributed by atoms with E-state index in [0.717, 1.165) is 12.8 Å². The van der Waals surface area contributed by atoms with Crippen LogP contribution in [0, 0.1) is 0 Å². The van der Waals surface area contributed by atoms with E-state index < -0.39 is 0 Å². The van der Waals surface area contributed by atoms with Crippen molar-refractivity contribution in [1.82, 2.24) is 0 Å². The molecule has 0 amide bonds. The molecular weight excluding hydrogens is 144 g/mol. The standard InChI is InChI=1S/C8H14O3/c9-5-3-1-2-4-8-10-6-7-11-8/h1,3,8-9H,2,4-7H2. The first-order valence-electron chi connectivity index (χ1n) is 3.92. The van der Waals surface area contributed by atoms with Gasteiger partial charge in [-0.25, -0.2) is 0 Å². The van der Waals surface area contributed by atoms with Crippen molar-refractivity contribution in [3.8, 4) is 0 Å². The molecule has 1 saturated heterocycles. The predicted molar refractivity (Wildman–Crippen MR) is 41.2 cm³/mol. The molecule has 3 nitrogen and oxygen atoms in total. The Kier molecular flexibility index (Phi) is 4.19. The normalized spacial score (nSPS) is 20.1. The topological polar surface area (TPSA) is 38.7 Å². The Hall–Kier alpha value is -0.380. The summed E-state index contributed by atoms with van der Waals surface area (Å²) < 4.78 is 10.4. The molecule has 3 heteroatoms. The van der Waals surface area contributed by atoms with Gasteiger partial charge in [0.05, 0.1) is 19.8 Å². The van der Waals surface area contributed by atoms with Crippen LogP contribution in [0.2, 0.25) is 0 Å². The molecule has 0 aromatic rings. The Labute approximate surface area is 66.6 Å². The van der Waals surface area contributed by atoms with Crippen LogP contribution in [-0.4, -0.2) is 31.2 Å². The molecule has 1 aliphatic heterocycles. The van der Waals surface area contributed by atoms with Crippen LogP contribution in [0.5, 0.6) is 0 Å². The van der Waals surface area contributed by atoms with Crippen LogP contribution in [0.1, 0.15) is 12.8 Å². The summed E-state index contributed by atoms with van der Waals surface area (Å²) in [5.41, 5.74) is 0. The first kappa shape index (κ1) is 8.71. The molecular formula is C8H14O3. The van der Waals surface area contributed by atoms with Gasteiger partial charge in [0.2, 0.25) is 0 Å². The lowest BCUT2D eigenvalue weighted by atomic mass is 10.3. The number of ether oxygens (including phenoxy) is 2. The van der Waals surface area contributed by atoms with Gasteiger partial charge in [-0.2, -0.15) is 0 Å². The number of hydrogen-bond acceptors (Lipinski definition) is 3. The summed E-state index contributed by atoms with van der Waals surface area (Å²) in [6, 6.07) is 0. The van der Waals surface area contributed by atoms with Gasteiger partial charge >= 0.3 is 0 Å². The molecule has 0 atom stereocenters. The molecule has 0 aromatic carbocycles. The number of rotatable bonds is 4. The van der Waals surface area contributed by atoms with Gasteiger partial charge in [0.15, 0.2) is 6.29 Å². The highest BCUT2D eigenvalue weighted by Gasteiger charge is 2.13. The van der Waals surface area contributed by atoms with E-state index in [0.29, 0.717) is 13.2 Å². The minimum Gasteiger partial charge on any atom is -0.392 e. The SMILES string of the molecule is OCC=CCCC1OCCO1. The van der Waals surface area contributed by atoms with E-state index in [1.807, 2.05) is 6.08 Å². The lowest BCUT2D eigenvalue weighted by Gasteiger charge is -2.05. The highest BCUT2D eigenvalue weighted by Crippen LogP contribution is 2.09. The summed E-state index contributed by atoms with van der Waals surface area (Å²) in [6.07, 6.45) is 5.44. The van der Waals surface area contributed by atoms with E-state index in [9.17, 15) is 0 Å². The number of allylic oxidation sites excluding steroid dienone is 1. The molecule has 1 N–H and O–H groups in total. The Morgan fingerprint density at radius 1 is 1.27 bits per heavy atom. The molecule has 64 valence electrons. The van der Waals surface area contributed by atoms with Crippen LogP contribution < -0.4 is 0 Å². The highest BCUT2D eigenvalue weighted by atomic mass is 16.7. The maximum atomic E-state index is 8.41. The highest BCUT2D eigenvalue weighted by molar-refractivity contribution is 4.80. The third kappa shape index (κ3) is 3.51. The molecule has 1 rings (SSSR count). The van der Waals surface area contributed by atoms with Gasteiger partial charge in [-0.15, -0.1) is 0 Å². The van der Waals surface area contributed by atoms with Crippen LogP contribution in [-0.2, 0) is 9.47 Å². The van der Waals surface area contributed by atoms with Crippen molar-refractivity contribution in [2.45, 2.75) is 19.1 Å². The van der Waals surface area contributed by atoms with E-state index in [4.69, 9.17) is 14.6 Å². The van der Waals surface area contributed by atoms with Gasteiger partial charge in [0.1, 0.15) is 0 Å². The third-order valence-corrected chi connectivity index (χ3v) is 1.53. The lowest BCUT2D eigenvalue weighted by Crippen LogP contribution is -2.05. The van der Waals surface area contributed by atoms with Crippen LogP contribution in [0.4, 0.5) is 0 Å². The molecule has 0 aromatic heterocycles. The van der Waals surface area contributed by atoms with E-state index in [-0.39, 0.29) is 12.9 Å². The number of hydrogen-bond donors (Lipinski definition) is 1. The van der Waals surface area contributed by atoms with Crippen LogP contribution in [0.3, 0.4) is 0 Å². The molecule has 0 radical (unpaired) electrons. The minimum absolute atomic E-state index is 0.0154. The Balaban J connectivity index is 1.97. The van der Waals surface area contributed by atoms with E-state index in [1.54, 1.807) is 6.08 Å². The largest absolute Gasteiger partial charge is 0.392 e. The Bertz CT molecular complexity index is 117. The van der Waals surface area contributed by atoms with Gasteiger partial charge in [0, 0.05) is 6.42 Å². The van der Waals surface area contributed by atoms with Gasteiger partial charge in [-0.05, 0) is 6.42 Å². The number of aliphatic hydroxyl groups excluding tert-OH is 1. The molecule has 11 heavy (non-hydrogen) atoms. The van der Waals surface area contributed by atoms with Crippen molar-refractivity contribution in [2.75, 3.05) is 19.8 Å². The smallest absolute Gasteiger partial charge is 0.158 e. The van der Waals surface area contributed by atoms with Gasteiger partial charge in [0.25, 0.3) is 0 Å². The fraction of sp³-hybridized carbons (Fsp3) is 0.750. The third-order valence-electron chi connectivity index (χ3n) is 1.53. The second kappa shape index (κ2) is 5.29. The van der Waals surface area contributed by atoms with Gasteiger partial charge in [-0.3, -0.25) is 0 Å². The first-order chi connectivity index (χ1) is 5.43. The van der Waals surface area contributed by atoms with E-state index >= 15 is 0 Å². The average Bonchev–Trinajstić information content (AvgIpc) is 2.50. The van der Waals surface area contributed by atoms with Crippen molar-refractivity contribution in [3.63, 3.8) is 0 Å². The summed E-state index contributed by atoms with van der Waals surface area (Å²) in [5, 5.41) is 8.41. The van der Waals surface area contributed by atoms with Crippen molar-refractivity contribution in [1.29, 1.82) is 0 Å². The summed E-state index contributed by atoms with van der Waals surface area (Å²) in [6.45, 7) is 1.55. The number of aliphatic hydroxyl groups is 1. The first-order valence-corrected chi connectivity index (χ1v) is 3.92. The molecule has 0 aliphatic carbocycles. The molecule has 0 bridgehead atoms. The fourth-order valence-electron chi connectivity index (χ4n) is 0.999. The van der Waals surface area contributed by atoms with Crippen LogP contribution in [0.25, 0.3) is 0 Å². The molecule has 1 fully saturated rings. The average molecular weight is 158 g/mol. The zero-order chi connectivity index (χ0) is 7.94. The molecule has 1 heterocycles. The van der Waals surface area contributed by atoms with E-state index in [1.165, 1.54) is 0 Å². The van der Waals surface area contributed by atoms with Crippen molar-refractivity contribution < 1.29 is 14.6 Å². The van der Waals surface area contributed by atoms with E-state index in [2.05, 4.69) is 0 Å². The molecule has 0 unspecified atom stereocenters. The lowest BCUT2D eigenvalue weighted by molar-refractivity contribution is -0.0457. The predicted octanol–water partition coefficient (Wildman–Crippen LogP) is 0.688. The molecule has 0 saturated carbocycles. The van der Waals surface area contributed by atoms with Crippen molar-refractivity contribution in [2.24, 2.45) is 0 Å². The summed E-state index contributed by atoms with van der Waals surface area (Å²) in [7, 11) is 0. The summed E-state index contributed by atoms with van der Waals surface area (Å²) in [5.74, 6) is 0. The van der Waals surface area contributed by atoms with Crippen LogP contribution >= 0.6 is 0 Å². The second-order valence-corrected chi connectivity index (χ2v) is 2.40. The fourth-order valence-corrected chi connectivity index (χ4v) is 0.999. The molecule has 0 spiro atoms. The monoisotopic (exact) mass is 158 g/mol. The zero-order valence-corrected chi connectivity index (χ0v) is 6.53. The zero-order valence-electron chi connectivity index (χ0n) is 6.53. The second-order valence-electron chi connectivity index (χ2n) is 2.40. The minimum atomic E-state index is -0.0154. The van der Waals surface area contributed by atoms with Gasteiger partial charge in [-0.1, -0.05) is 12.2 Å². The Morgan fingerprint density at radius 2 is 2.00 bits per heavy atom. The van der Waals surface area contributed by atoms with Crippen molar-refractivity contribution >= 4 is 0 Å². The van der Waals surface area contributed by atoms with Crippen molar-refractivity contribution in [3.05, 3.63) is 12.2 Å². The maximum absolute atomic E-state index is 8.41. The maximum Gasteiger partial charge on any atom is 0.158 e. The molecule has 1 aliphatic rings. The van der Waals surface area contributed by atoms with Crippen LogP contribution in [0.15, 0.2) is 12.2 Å². The quantitative estimate of drug-likeness (QED) is 0.612. The van der Waals surface area contributed by atoms with Gasteiger partial charge < -0.3 is 14.6 Å². The summed E-state index contributed by atoms with van der Waals surface area (Å²) >= 11 is 0. The Morgan fingerprint density at radius 3 is 2.64 bits per heavy atom.